The molecule has 6 nitrogen and oxygen atoms in total. The van der Waals surface area contributed by atoms with E-state index in [2.05, 4.69) is 37.5 Å². The standard InChI is InChI=1S/C20H26BrN3O3S/c1-23-11-13-24(14-12-23)20(16-3-7-18(27-2)8-4-16)15-22-28(25,26)19-9-5-17(21)6-10-19/h3-10,20,22H,11-15H2,1-2H3/t20-/m0/s1. The average molecular weight is 468 g/mol. The maximum atomic E-state index is 12.7. The lowest BCUT2D eigenvalue weighted by atomic mass is 10.0. The van der Waals surface area contributed by atoms with E-state index in [4.69, 9.17) is 4.74 Å². The summed E-state index contributed by atoms with van der Waals surface area (Å²) < 4.78 is 34.4. The molecule has 0 unspecified atom stereocenters. The van der Waals surface area contributed by atoms with Gasteiger partial charge in [0.2, 0.25) is 10.0 Å². The Bertz CT molecular complexity index is 865. The van der Waals surface area contributed by atoms with E-state index in [0.717, 1.165) is 42.0 Å². The zero-order valence-electron chi connectivity index (χ0n) is 16.1. The number of sulfonamides is 1. The fraction of sp³-hybridized carbons (Fsp3) is 0.400. The Kier molecular flexibility index (Phi) is 7.11. The molecule has 0 bridgehead atoms. The molecule has 1 fully saturated rings. The largest absolute Gasteiger partial charge is 0.497 e. The second-order valence-electron chi connectivity index (χ2n) is 6.93. The van der Waals surface area contributed by atoms with Gasteiger partial charge in [0, 0.05) is 43.2 Å². The van der Waals surface area contributed by atoms with Crippen molar-refractivity contribution < 1.29 is 13.2 Å². The van der Waals surface area contributed by atoms with Gasteiger partial charge in [0.25, 0.3) is 0 Å². The van der Waals surface area contributed by atoms with Crippen molar-refractivity contribution in [2.24, 2.45) is 0 Å². The number of likely N-dealkylation sites (N-methyl/N-ethyl adjacent to an activating group) is 1. The summed E-state index contributed by atoms with van der Waals surface area (Å²) >= 11 is 3.34. The van der Waals surface area contributed by atoms with Gasteiger partial charge < -0.3 is 9.64 Å². The molecule has 0 aliphatic carbocycles. The maximum Gasteiger partial charge on any atom is 0.240 e. The van der Waals surface area contributed by atoms with E-state index in [1.807, 2.05) is 24.3 Å². The van der Waals surface area contributed by atoms with Gasteiger partial charge in [-0.05, 0) is 49.0 Å². The van der Waals surface area contributed by atoms with Crippen LogP contribution in [0.4, 0.5) is 0 Å². The zero-order chi connectivity index (χ0) is 20.1. The van der Waals surface area contributed by atoms with E-state index in [1.165, 1.54) is 0 Å². The van der Waals surface area contributed by atoms with Gasteiger partial charge in [-0.1, -0.05) is 28.1 Å². The van der Waals surface area contributed by atoms with Crippen LogP contribution < -0.4 is 9.46 Å². The summed E-state index contributed by atoms with van der Waals surface area (Å²) in [4.78, 5) is 4.89. The van der Waals surface area contributed by atoms with Gasteiger partial charge in [-0.2, -0.15) is 0 Å². The summed E-state index contributed by atoms with van der Waals surface area (Å²) in [6.45, 7) is 4.03. The number of benzene rings is 2. The fourth-order valence-electron chi connectivity index (χ4n) is 3.30. The highest BCUT2D eigenvalue weighted by molar-refractivity contribution is 9.10. The van der Waals surface area contributed by atoms with Gasteiger partial charge in [0.15, 0.2) is 0 Å². The van der Waals surface area contributed by atoms with Crippen LogP contribution in [-0.4, -0.2) is 65.1 Å². The quantitative estimate of drug-likeness (QED) is 0.677. The first-order valence-corrected chi connectivity index (χ1v) is 11.5. The normalized spacial score (nSPS) is 17.4. The number of methoxy groups -OCH3 is 1. The maximum absolute atomic E-state index is 12.7. The summed E-state index contributed by atoms with van der Waals surface area (Å²) in [5, 5.41) is 0. The second kappa shape index (κ2) is 9.37. The Balaban J connectivity index is 1.79. The van der Waals surface area contributed by atoms with Gasteiger partial charge in [0.05, 0.1) is 12.0 Å². The Labute approximate surface area is 175 Å². The van der Waals surface area contributed by atoms with Crippen LogP contribution in [0.3, 0.4) is 0 Å². The van der Waals surface area contributed by atoms with E-state index in [1.54, 1.807) is 31.4 Å². The summed E-state index contributed by atoms with van der Waals surface area (Å²) in [6.07, 6.45) is 0. The molecular weight excluding hydrogens is 442 g/mol. The lowest BCUT2D eigenvalue weighted by Gasteiger charge is -2.38. The fourth-order valence-corrected chi connectivity index (χ4v) is 4.61. The minimum absolute atomic E-state index is 0.0372. The number of hydrogen-bond acceptors (Lipinski definition) is 5. The molecule has 28 heavy (non-hydrogen) atoms. The average Bonchev–Trinajstić information content (AvgIpc) is 2.70. The molecule has 2 aromatic rings. The Hall–Kier alpha value is -1.45. The van der Waals surface area contributed by atoms with Gasteiger partial charge in [-0.15, -0.1) is 0 Å². The molecule has 1 N–H and O–H groups in total. The smallest absolute Gasteiger partial charge is 0.240 e. The van der Waals surface area contributed by atoms with Crippen LogP contribution in [0.25, 0.3) is 0 Å². The van der Waals surface area contributed by atoms with E-state index < -0.39 is 10.0 Å². The minimum atomic E-state index is -3.57. The van der Waals surface area contributed by atoms with Crippen molar-refractivity contribution in [3.63, 3.8) is 0 Å². The first-order valence-electron chi connectivity index (χ1n) is 9.21. The molecule has 0 amide bonds. The summed E-state index contributed by atoms with van der Waals surface area (Å²) in [5.74, 6) is 0.788. The second-order valence-corrected chi connectivity index (χ2v) is 9.62. The third-order valence-electron chi connectivity index (χ3n) is 5.07. The molecule has 1 aliphatic rings. The number of piperazine rings is 1. The lowest BCUT2D eigenvalue weighted by Crippen LogP contribution is -2.48. The molecule has 1 heterocycles. The summed E-state index contributed by atoms with van der Waals surface area (Å²) in [6, 6.07) is 14.5. The molecule has 3 rings (SSSR count). The SMILES string of the molecule is COc1ccc([C@H](CNS(=O)(=O)c2ccc(Br)cc2)N2CCN(C)CC2)cc1. The molecule has 8 heteroatoms. The summed E-state index contributed by atoms with van der Waals surface area (Å²) in [5.41, 5.74) is 1.07. The predicted octanol–water partition coefficient (Wildman–Crippen LogP) is 2.72. The lowest BCUT2D eigenvalue weighted by molar-refractivity contribution is 0.113. The Morgan fingerprint density at radius 2 is 1.64 bits per heavy atom. The number of hydrogen-bond donors (Lipinski definition) is 1. The van der Waals surface area contributed by atoms with Gasteiger partial charge in [-0.3, -0.25) is 4.90 Å². The highest BCUT2D eigenvalue weighted by Crippen LogP contribution is 2.25. The first kappa shape index (κ1) is 21.3. The van der Waals surface area contributed by atoms with Crippen LogP contribution in [-0.2, 0) is 10.0 Å². The van der Waals surface area contributed by atoms with Crippen LogP contribution in [0.2, 0.25) is 0 Å². The van der Waals surface area contributed by atoms with E-state index in [0.29, 0.717) is 6.54 Å². The van der Waals surface area contributed by atoms with E-state index in [-0.39, 0.29) is 10.9 Å². The highest BCUT2D eigenvalue weighted by Gasteiger charge is 2.26. The number of nitrogens with one attached hydrogen (secondary N) is 1. The topological polar surface area (TPSA) is 61.9 Å². The van der Waals surface area contributed by atoms with Crippen molar-refractivity contribution in [2.75, 3.05) is 46.9 Å². The summed E-state index contributed by atoms with van der Waals surface area (Å²) in [7, 11) is 0.170. The molecular formula is C20H26BrN3O3S. The van der Waals surface area contributed by atoms with Gasteiger partial charge in [0.1, 0.15) is 5.75 Å². The van der Waals surface area contributed by atoms with E-state index >= 15 is 0 Å². The van der Waals surface area contributed by atoms with E-state index in [9.17, 15) is 8.42 Å². The zero-order valence-corrected chi connectivity index (χ0v) is 18.5. The third-order valence-corrected chi connectivity index (χ3v) is 7.04. The molecule has 1 aliphatic heterocycles. The van der Waals surface area contributed by atoms with Crippen molar-refractivity contribution in [3.8, 4) is 5.75 Å². The molecule has 2 aromatic carbocycles. The van der Waals surface area contributed by atoms with Crippen LogP contribution in [0.5, 0.6) is 5.75 Å². The minimum Gasteiger partial charge on any atom is -0.497 e. The van der Waals surface area contributed by atoms with Crippen molar-refractivity contribution in [1.82, 2.24) is 14.5 Å². The number of nitrogens with zero attached hydrogens (tertiary/aromatic N) is 2. The van der Waals surface area contributed by atoms with Gasteiger partial charge >= 0.3 is 0 Å². The Morgan fingerprint density at radius 3 is 2.21 bits per heavy atom. The van der Waals surface area contributed by atoms with Crippen molar-refractivity contribution >= 4 is 26.0 Å². The molecule has 0 spiro atoms. The molecule has 152 valence electrons. The highest BCUT2D eigenvalue weighted by atomic mass is 79.9. The van der Waals surface area contributed by atoms with Crippen LogP contribution in [0, 0.1) is 0 Å². The third kappa shape index (κ3) is 5.33. The van der Waals surface area contributed by atoms with Gasteiger partial charge in [-0.25, -0.2) is 13.1 Å². The predicted molar refractivity (Wildman–Crippen MR) is 114 cm³/mol. The monoisotopic (exact) mass is 467 g/mol. The van der Waals surface area contributed by atoms with Crippen LogP contribution >= 0.6 is 15.9 Å². The van der Waals surface area contributed by atoms with Crippen LogP contribution in [0.1, 0.15) is 11.6 Å². The molecule has 1 saturated heterocycles. The van der Waals surface area contributed by atoms with Crippen molar-refractivity contribution in [1.29, 1.82) is 0 Å². The van der Waals surface area contributed by atoms with Crippen molar-refractivity contribution in [2.45, 2.75) is 10.9 Å². The molecule has 0 aromatic heterocycles. The molecule has 1 atom stereocenters. The number of rotatable bonds is 7. The Morgan fingerprint density at radius 1 is 1.04 bits per heavy atom. The molecule has 0 radical (unpaired) electrons. The number of ether oxygens (including phenoxy) is 1. The van der Waals surface area contributed by atoms with Crippen molar-refractivity contribution in [3.05, 3.63) is 58.6 Å². The first-order chi connectivity index (χ1) is 13.4. The van der Waals surface area contributed by atoms with Crippen LogP contribution in [0.15, 0.2) is 57.9 Å². The number of halogens is 1. The molecule has 0 saturated carbocycles.